The van der Waals surface area contributed by atoms with E-state index < -0.39 is 24.0 Å². The van der Waals surface area contributed by atoms with Crippen molar-refractivity contribution in [1.82, 2.24) is 25.9 Å². The van der Waals surface area contributed by atoms with Gasteiger partial charge in [0.05, 0.1) is 25.6 Å². The number of carbonyl (C=O) groups is 6. The van der Waals surface area contributed by atoms with E-state index in [2.05, 4.69) is 44.1 Å². The first-order chi connectivity index (χ1) is 27.9. The maximum absolute atomic E-state index is 13.3. The Hall–Kier alpha value is -6.31. The summed E-state index contributed by atoms with van der Waals surface area (Å²) in [4.78, 5) is 87.9. The Labute approximate surface area is 344 Å². The lowest BCUT2D eigenvalue weighted by atomic mass is 10.0. The highest BCUT2D eigenvalue weighted by atomic mass is 16.5. The monoisotopic (exact) mass is 808 g/mol. The molecule has 14 nitrogen and oxygen atoms in total. The molecule has 4 amide bonds. The lowest BCUT2D eigenvalue weighted by Gasteiger charge is -2.19. The third-order valence-corrected chi connectivity index (χ3v) is 10.8. The molecular formula is C45H56N6O8. The van der Waals surface area contributed by atoms with Crippen LogP contribution in [0.5, 0.6) is 0 Å². The van der Waals surface area contributed by atoms with Crippen LogP contribution in [0.1, 0.15) is 88.0 Å². The van der Waals surface area contributed by atoms with E-state index >= 15 is 0 Å². The minimum atomic E-state index is -0.816. The molecule has 0 aromatic carbocycles. The number of amides is 4. The topological polar surface area (TPSA) is 201 Å². The number of nitrogens with zero attached hydrogens (tertiary/aromatic N) is 1. The fraction of sp³-hybridized carbons (Fsp3) is 0.400. The van der Waals surface area contributed by atoms with Gasteiger partial charge < -0.3 is 35.4 Å². The van der Waals surface area contributed by atoms with Crippen molar-refractivity contribution < 1.29 is 38.2 Å². The van der Waals surface area contributed by atoms with Gasteiger partial charge in [0.25, 0.3) is 11.8 Å². The third kappa shape index (κ3) is 10.2. The van der Waals surface area contributed by atoms with Crippen molar-refractivity contribution in [2.24, 2.45) is 16.8 Å². The van der Waals surface area contributed by atoms with E-state index in [1.807, 2.05) is 53.7 Å². The van der Waals surface area contributed by atoms with Crippen LogP contribution in [0.15, 0.2) is 58.3 Å². The molecule has 5 N–H and O–H groups in total. The predicted octanol–water partition coefficient (Wildman–Crippen LogP) is 3.52. The summed E-state index contributed by atoms with van der Waals surface area (Å²) in [6.07, 6.45) is 9.25. The van der Waals surface area contributed by atoms with E-state index in [0.29, 0.717) is 55.8 Å². The fourth-order valence-electron chi connectivity index (χ4n) is 7.10. The summed E-state index contributed by atoms with van der Waals surface area (Å²) in [5.74, 6) is -2.75. The van der Waals surface area contributed by atoms with Gasteiger partial charge in [-0.3, -0.25) is 19.2 Å². The number of carbonyl (C=O) groups excluding carboxylic acids is 6. The third-order valence-electron chi connectivity index (χ3n) is 10.8. The van der Waals surface area contributed by atoms with Crippen LogP contribution in [-0.2, 0) is 51.1 Å². The van der Waals surface area contributed by atoms with Crippen LogP contribution >= 0.6 is 0 Å². The van der Waals surface area contributed by atoms with Gasteiger partial charge >= 0.3 is 11.9 Å². The molecule has 59 heavy (non-hydrogen) atoms. The second kappa shape index (κ2) is 19.4. The number of aromatic amines is 2. The number of hydrogen-bond acceptors (Lipinski definition) is 8. The van der Waals surface area contributed by atoms with Crippen LogP contribution in [-0.4, -0.2) is 77.6 Å². The molecule has 14 heteroatoms. The zero-order chi connectivity index (χ0) is 43.9. The number of allylic oxidation sites excluding steroid dienone is 2. The SMILES string of the molecule is C=CC1=C(C)C(/C=c2/[nH]/c(=C\c3[nH]c(/C=C4\NC(=O)C(C)=C4C=C)c(C)c3CCC(=O)N[C@H](C(=O)OC)C(C)C)c(CCC(=O)N[C@H](C(=O)OC)C(C)C)c2C)=NC1=O. The van der Waals surface area contributed by atoms with Crippen LogP contribution in [0.3, 0.4) is 0 Å². The van der Waals surface area contributed by atoms with Gasteiger partial charge in [-0.05, 0) is 98.4 Å². The number of H-pyrrole nitrogens is 2. The van der Waals surface area contributed by atoms with E-state index in [4.69, 9.17) is 9.47 Å². The van der Waals surface area contributed by atoms with Crippen LogP contribution in [0.2, 0.25) is 0 Å². The zero-order valence-electron chi connectivity index (χ0n) is 35.7. The van der Waals surface area contributed by atoms with Gasteiger partial charge in [0, 0.05) is 51.6 Å². The average Bonchev–Trinajstić information content (AvgIpc) is 3.84. The minimum absolute atomic E-state index is 0.0409. The molecule has 2 atom stereocenters. The molecule has 4 heterocycles. The van der Waals surface area contributed by atoms with Crippen molar-refractivity contribution in [2.75, 3.05) is 14.2 Å². The van der Waals surface area contributed by atoms with Crippen molar-refractivity contribution in [3.63, 3.8) is 0 Å². The standard InChI is InChI=1S/C45H56N6O8/c1-13-28-27(10)42(54)49-35(28)20-33-26(9)31(16-18-39(53)51-41(23(5)6)45(57)59-12)37(47-33)21-36-30(15-17-38(52)50-40(22(3)4)44(56)58-11)25(8)32(46-36)19-34-24(7)29(14-2)43(55)48-34/h13-14,19-23,40-41,46-47H,1-2,15-18H2,3-12H3,(H,49,54)(H,50,52)(H,51,53)/b32-19+,35-20-,36-21-/t40-,41-/m0/s1. The number of aromatic nitrogens is 2. The molecule has 4 rings (SSSR count). The second-order valence-electron chi connectivity index (χ2n) is 15.3. The lowest BCUT2D eigenvalue weighted by molar-refractivity contribution is -0.146. The second-order valence-corrected chi connectivity index (χ2v) is 15.3. The summed E-state index contributed by atoms with van der Waals surface area (Å²) in [5, 5.41) is 9.83. The van der Waals surface area contributed by atoms with Crippen LogP contribution < -0.4 is 26.6 Å². The molecule has 0 radical (unpaired) electrons. The lowest BCUT2D eigenvalue weighted by Crippen LogP contribution is -2.45. The number of ether oxygens (including phenoxy) is 2. The highest BCUT2D eigenvalue weighted by Crippen LogP contribution is 2.28. The summed E-state index contributed by atoms with van der Waals surface area (Å²) >= 11 is 0. The summed E-state index contributed by atoms with van der Waals surface area (Å²) in [7, 11) is 2.56. The molecular weight excluding hydrogens is 753 g/mol. The predicted molar refractivity (Wildman–Crippen MR) is 227 cm³/mol. The highest BCUT2D eigenvalue weighted by molar-refractivity contribution is 6.31. The molecule has 314 valence electrons. The first-order valence-electron chi connectivity index (χ1n) is 19.6. The molecule has 0 aliphatic carbocycles. The normalized spacial score (nSPS) is 16.5. The Bertz CT molecular complexity index is 2350. The molecule has 0 saturated carbocycles. The van der Waals surface area contributed by atoms with Gasteiger partial charge in [-0.25, -0.2) is 14.6 Å². The van der Waals surface area contributed by atoms with Gasteiger partial charge in [0.2, 0.25) is 11.8 Å². The molecule has 0 bridgehead atoms. The molecule has 0 unspecified atom stereocenters. The highest BCUT2D eigenvalue weighted by Gasteiger charge is 2.28. The Kier molecular flexibility index (Phi) is 14.9. The maximum atomic E-state index is 13.3. The largest absolute Gasteiger partial charge is 0.467 e. The molecule has 2 aliphatic heterocycles. The molecule has 2 aromatic rings. The van der Waals surface area contributed by atoms with E-state index in [0.717, 1.165) is 22.3 Å². The van der Waals surface area contributed by atoms with Crippen LogP contribution in [0.4, 0.5) is 0 Å². The van der Waals surface area contributed by atoms with Crippen molar-refractivity contribution in [1.29, 1.82) is 0 Å². The van der Waals surface area contributed by atoms with E-state index in [-0.39, 0.29) is 61.1 Å². The first-order valence-corrected chi connectivity index (χ1v) is 19.6. The number of nitrogens with one attached hydrogen (secondary N) is 5. The Morgan fingerprint density at radius 1 is 0.695 bits per heavy atom. The average molecular weight is 809 g/mol. The number of aliphatic imine (C=N–C) groups is 1. The van der Waals surface area contributed by atoms with Gasteiger partial charge in [-0.1, -0.05) is 53.0 Å². The number of rotatable bonds is 17. The molecule has 2 aliphatic rings. The summed E-state index contributed by atoms with van der Waals surface area (Å²) < 4.78 is 9.83. The van der Waals surface area contributed by atoms with Crippen molar-refractivity contribution in [3.8, 4) is 0 Å². The van der Waals surface area contributed by atoms with Gasteiger partial charge in [0.1, 0.15) is 12.1 Å². The quantitative estimate of drug-likeness (QED) is 0.150. The molecule has 2 aromatic heterocycles. The van der Waals surface area contributed by atoms with Crippen molar-refractivity contribution >= 4 is 59.5 Å². The van der Waals surface area contributed by atoms with Crippen LogP contribution in [0, 0.1) is 25.7 Å². The summed E-state index contributed by atoms with van der Waals surface area (Å²) in [5.41, 5.74) is 7.92. The first kappa shape index (κ1) is 45.4. The smallest absolute Gasteiger partial charge is 0.328 e. The molecule has 0 fully saturated rings. The Balaban J connectivity index is 1.88. The Morgan fingerprint density at radius 3 is 1.73 bits per heavy atom. The van der Waals surface area contributed by atoms with Gasteiger partial charge in [-0.2, -0.15) is 0 Å². The summed E-state index contributed by atoms with van der Waals surface area (Å²) in [6, 6.07) is -1.63. The van der Waals surface area contributed by atoms with Crippen molar-refractivity contribution in [3.05, 3.63) is 97.6 Å². The summed E-state index contributed by atoms with van der Waals surface area (Å²) in [6.45, 7) is 22.3. The number of esters is 2. The van der Waals surface area contributed by atoms with Gasteiger partial charge in [0.15, 0.2) is 0 Å². The van der Waals surface area contributed by atoms with E-state index in [1.165, 1.54) is 20.3 Å². The number of methoxy groups -OCH3 is 2. The van der Waals surface area contributed by atoms with Gasteiger partial charge in [-0.15, -0.1) is 0 Å². The van der Waals surface area contributed by atoms with E-state index in [9.17, 15) is 28.8 Å². The van der Waals surface area contributed by atoms with Crippen molar-refractivity contribution in [2.45, 2.75) is 93.2 Å². The fourth-order valence-corrected chi connectivity index (χ4v) is 7.10. The number of hydrogen-bond donors (Lipinski definition) is 5. The molecule has 0 saturated heterocycles. The Morgan fingerprint density at radius 2 is 1.24 bits per heavy atom. The minimum Gasteiger partial charge on any atom is -0.467 e. The maximum Gasteiger partial charge on any atom is 0.328 e. The van der Waals surface area contributed by atoms with E-state index in [1.54, 1.807) is 26.0 Å². The zero-order valence-corrected chi connectivity index (χ0v) is 35.7. The molecule has 0 spiro atoms. The van der Waals surface area contributed by atoms with Crippen LogP contribution in [0.25, 0.3) is 18.2 Å².